The lowest BCUT2D eigenvalue weighted by Crippen LogP contribution is -2.17. The third-order valence-corrected chi connectivity index (χ3v) is 3.21. The zero-order chi connectivity index (χ0) is 11.5. The van der Waals surface area contributed by atoms with Gasteiger partial charge in [0.25, 0.3) is 0 Å². The van der Waals surface area contributed by atoms with Gasteiger partial charge in [-0.05, 0) is 18.9 Å². The van der Waals surface area contributed by atoms with Gasteiger partial charge in [0.05, 0.1) is 5.56 Å². The highest BCUT2D eigenvalue weighted by molar-refractivity contribution is 5.89. The predicted molar refractivity (Wildman–Crippen MR) is 58.2 cm³/mol. The summed E-state index contributed by atoms with van der Waals surface area (Å²) in [6.07, 6.45) is 7.27. The molecule has 0 amide bonds. The standard InChI is InChI=1S/C12H14N2O2/c13-8-9-6-7-14(11(9)12(15)16)10-4-2-1-3-5-10/h6-7,10H,1-5H2,(H,15,16). The van der Waals surface area contributed by atoms with Gasteiger partial charge in [0.15, 0.2) is 0 Å². The molecule has 1 heterocycles. The van der Waals surface area contributed by atoms with Crippen LogP contribution in [-0.4, -0.2) is 15.6 Å². The molecule has 1 fully saturated rings. The first-order valence-electron chi connectivity index (χ1n) is 5.58. The van der Waals surface area contributed by atoms with E-state index in [1.54, 1.807) is 16.8 Å². The Morgan fingerprint density at radius 3 is 2.69 bits per heavy atom. The molecule has 0 aromatic carbocycles. The molecule has 1 saturated carbocycles. The number of carbonyl (C=O) groups is 1. The topological polar surface area (TPSA) is 66.0 Å². The lowest BCUT2D eigenvalue weighted by Gasteiger charge is -2.24. The maximum Gasteiger partial charge on any atom is 0.353 e. The molecule has 0 bridgehead atoms. The summed E-state index contributed by atoms with van der Waals surface area (Å²) in [5.74, 6) is -1.01. The monoisotopic (exact) mass is 218 g/mol. The number of aromatic nitrogens is 1. The molecule has 1 N–H and O–H groups in total. The zero-order valence-corrected chi connectivity index (χ0v) is 9.02. The number of carboxylic acid groups (broad SMARTS) is 1. The summed E-state index contributed by atoms with van der Waals surface area (Å²) in [6, 6.07) is 3.78. The van der Waals surface area contributed by atoms with Gasteiger partial charge in [-0.15, -0.1) is 0 Å². The molecule has 16 heavy (non-hydrogen) atoms. The van der Waals surface area contributed by atoms with Crippen LogP contribution in [0.5, 0.6) is 0 Å². The Morgan fingerprint density at radius 1 is 1.44 bits per heavy atom. The second-order valence-electron chi connectivity index (χ2n) is 4.19. The first-order valence-corrected chi connectivity index (χ1v) is 5.58. The van der Waals surface area contributed by atoms with Crippen LogP contribution >= 0.6 is 0 Å². The van der Waals surface area contributed by atoms with Crippen LogP contribution in [0.2, 0.25) is 0 Å². The van der Waals surface area contributed by atoms with E-state index in [-0.39, 0.29) is 17.3 Å². The van der Waals surface area contributed by atoms with Gasteiger partial charge in [0.2, 0.25) is 0 Å². The smallest absolute Gasteiger partial charge is 0.353 e. The molecule has 1 aliphatic carbocycles. The fourth-order valence-electron chi connectivity index (χ4n) is 2.43. The van der Waals surface area contributed by atoms with Crippen LogP contribution in [0.15, 0.2) is 12.3 Å². The van der Waals surface area contributed by atoms with Gasteiger partial charge in [0, 0.05) is 12.2 Å². The maximum atomic E-state index is 11.1. The molecule has 0 saturated heterocycles. The molecule has 1 aliphatic rings. The van der Waals surface area contributed by atoms with Crippen molar-refractivity contribution >= 4 is 5.97 Å². The van der Waals surface area contributed by atoms with E-state index in [0.717, 1.165) is 25.7 Å². The Morgan fingerprint density at radius 2 is 2.12 bits per heavy atom. The van der Waals surface area contributed by atoms with Gasteiger partial charge in [-0.3, -0.25) is 0 Å². The molecular formula is C12H14N2O2. The highest BCUT2D eigenvalue weighted by Gasteiger charge is 2.23. The van der Waals surface area contributed by atoms with E-state index in [4.69, 9.17) is 10.4 Å². The molecule has 1 aromatic heterocycles. The summed E-state index contributed by atoms with van der Waals surface area (Å²) in [6.45, 7) is 0. The van der Waals surface area contributed by atoms with Gasteiger partial charge in [0.1, 0.15) is 11.8 Å². The number of aromatic carboxylic acids is 1. The van der Waals surface area contributed by atoms with Crippen LogP contribution in [0.25, 0.3) is 0 Å². The summed E-state index contributed by atoms with van der Waals surface area (Å²) >= 11 is 0. The molecule has 1 aromatic rings. The van der Waals surface area contributed by atoms with Crippen LogP contribution in [0, 0.1) is 11.3 Å². The van der Waals surface area contributed by atoms with Crippen molar-refractivity contribution in [3.63, 3.8) is 0 Å². The minimum absolute atomic E-state index is 0.148. The minimum Gasteiger partial charge on any atom is -0.477 e. The predicted octanol–water partition coefficient (Wildman–Crippen LogP) is 2.56. The van der Waals surface area contributed by atoms with Crippen LogP contribution in [0.3, 0.4) is 0 Å². The van der Waals surface area contributed by atoms with Gasteiger partial charge in [-0.25, -0.2) is 4.79 Å². The largest absolute Gasteiger partial charge is 0.477 e. The van der Waals surface area contributed by atoms with Gasteiger partial charge < -0.3 is 9.67 Å². The normalized spacial score (nSPS) is 16.9. The van der Waals surface area contributed by atoms with E-state index in [1.165, 1.54) is 6.42 Å². The lowest BCUT2D eigenvalue weighted by molar-refractivity contribution is 0.0680. The summed E-state index contributed by atoms with van der Waals surface area (Å²) in [4.78, 5) is 11.1. The SMILES string of the molecule is N#Cc1ccn(C2CCCCC2)c1C(=O)O. The maximum absolute atomic E-state index is 11.1. The molecule has 4 heteroatoms. The van der Waals surface area contributed by atoms with Crippen molar-refractivity contribution in [2.75, 3.05) is 0 Å². The fourth-order valence-corrected chi connectivity index (χ4v) is 2.43. The van der Waals surface area contributed by atoms with Crippen molar-refractivity contribution in [1.82, 2.24) is 4.57 Å². The number of hydrogen-bond acceptors (Lipinski definition) is 2. The number of carboxylic acids is 1. The Balaban J connectivity index is 2.36. The Bertz CT molecular complexity index is 436. The molecule has 0 spiro atoms. The Hall–Kier alpha value is -1.76. The molecule has 0 aliphatic heterocycles. The minimum atomic E-state index is -1.01. The average Bonchev–Trinajstić information content (AvgIpc) is 2.73. The number of rotatable bonds is 2. The number of nitriles is 1. The van der Waals surface area contributed by atoms with Gasteiger partial charge in [-0.2, -0.15) is 5.26 Å². The molecule has 0 atom stereocenters. The first-order chi connectivity index (χ1) is 7.74. The summed E-state index contributed by atoms with van der Waals surface area (Å²) < 4.78 is 1.76. The van der Waals surface area contributed by atoms with Crippen molar-refractivity contribution in [1.29, 1.82) is 5.26 Å². The molecule has 84 valence electrons. The molecule has 0 unspecified atom stereocenters. The second kappa shape index (κ2) is 4.40. The highest BCUT2D eigenvalue weighted by atomic mass is 16.4. The number of nitrogens with zero attached hydrogens (tertiary/aromatic N) is 2. The van der Waals surface area contributed by atoms with E-state index in [2.05, 4.69) is 0 Å². The third-order valence-electron chi connectivity index (χ3n) is 3.21. The van der Waals surface area contributed by atoms with E-state index < -0.39 is 5.97 Å². The van der Waals surface area contributed by atoms with Crippen LogP contribution in [-0.2, 0) is 0 Å². The van der Waals surface area contributed by atoms with Crippen molar-refractivity contribution in [3.05, 3.63) is 23.5 Å². The van der Waals surface area contributed by atoms with Crippen molar-refractivity contribution in [3.8, 4) is 6.07 Å². The molecule has 4 nitrogen and oxygen atoms in total. The van der Waals surface area contributed by atoms with Crippen molar-refractivity contribution in [2.45, 2.75) is 38.1 Å². The molecule has 0 radical (unpaired) electrons. The van der Waals surface area contributed by atoms with Crippen LogP contribution in [0.4, 0.5) is 0 Å². The van der Waals surface area contributed by atoms with Crippen molar-refractivity contribution < 1.29 is 9.90 Å². The van der Waals surface area contributed by atoms with Crippen LogP contribution in [0.1, 0.15) is 54.2 Å². The second-order valence-corrected chi connectivity index (χ2v) is 4.19. The quantitative estimate of drug-likeness (QED) is 0.829. The molecular weight excluding hydrogens is 204 g/mol. The van der Waals surface area contributed by atoms with Gasteiger partial charge >= 0.3 is 5.97 Å². The summed E-state index contributed by atoms with van der Waals surface area (Å²) in [5, 5.41) is 18.0. The van der Waals surface area contributed by atoms with E-state index >= 15 is 0 Å². The van der Waals surface area contributed by atoms with Crippen LogP contribution < -0.4 is 0 Å². The van der Waals surface area contributed by atoms with E-state index in [1.807, 2.05) is 6.07 Å². The Kier molecular flexibility index (Phi) is 2.95. The first kappa shape index (κ1) is 10.7. The van der Waals surface area contributed by atoms with Gasteiger partial charge in [-0.1, -0.05) is 19.3 Å². The van der Waals surface area contributed by atoms with E-state index in [9.17, 15) is 4.79 Å². The fraction of sp³-hybridized carbons (Fsp3) is 0.500. The van der Waals surface area contributed by atoms with Crippen molar-refractivity contribution in [2.24, 2.45) is 0 Å². The lowest BCUT2D eigenvalue weighted by atomic mass is 9.95. The number of hydrogen-bond donors (Lipinski definition) is 1. The summed E-state index contributed by atoms with van der Waals surface area (Å²) in [5.41, 5.74) is 0.410. The highest BCUT2D eigenvalue weighted by Crippen LogP contribution is 2.30. The molecule has 2 rings (SSSR count). The average molecular weight is 218 g/mol. The summed E-state index contributed by atoms with van der Waals surface area (Å²) in [7, 11) is 0. The Labute approximate surface area is 94.1 Å². The van der Waals surface area contributed by atoms with E-state index in [0.29, 0.717) is 0 Å². The zero-order valence-electron chi connectivity index (χ0n) is 9.02. The third kappa shape index (κ3) is 1.81.